The molecule has 290 valence electrons. The molecule has 2 aliphatic rings. The van der Waals surface area contributed by atoms with Gasteiger partial charge in [0.2, 0.25) is 11.5 Å². The molecule has 0 bridgehead atoms. The van der Waals surface area contributed by atoms with Crippen molar-refractivity contribution >= 4 is 57.7 Å². The zero-order chi connectivity index (χ0) is 39.2. The van der Waals surface area contributed by atoms with Crippen LogP contribution in [0, 0.1) is 0 Å². The van der Waals surface area contributed by atoms with Gasteiger partial charge in [0, 0.05) is 49.4 Å². The largest absolute Gasteiger partial charge is 0.548 e. The quantitative estimate of drug-likeness (QED) is 0.0855. The monoisotopic (exact) mass is 771 g/mol. The molecule has 56 heavy (non-hydrogen) atoms. The number of halogens is 1. The number of unbranched alkanes of at least 4 members (excludes halogenated alkanes) is 1. The highest BCUT2D eigenvalue weighted by molar-refractivity contribution is 6.30. The molecule has 2 aliphatic heterocycles. The van der Waals surface area contributed by atoms with Gasteiger partial charge in [-0.3, -0.25) is 4.79 Å². The van der Waals surface area contributed by atoms with Crippen LogP contribution in [-0.4, -0.2) is 44.1 Å². The fourth-order valence-electron chi connectivity index (χ4n) is 8.06. The van der Waals surface area contributed by atoms with Gasteiger partial charge in [-0.15, -0.1) is 0 Å². The third-order valence-corrected chi connectivity index (χ3v) is 11.1. The molecule has 9 nitrogen and oxygen atoms in total. The van der Waals surface area contributed by atoms with E-state index >= 15 is 0 Å². The van der Waals surface area contributed by atoms with Crippen LogP contribution in [0.5, 0.6) is 0 Å². The lowest BCUT2D eigenvalue weighted by molar-refractivity contribution is -0.674. The maximum Gasteiger partial charge on any atom is 0.374 e. The van der Waals surface area contributed by atoms with Crippen LogP contribution in [0.25, 0.3) is 28.3 Å². The summed E-state index contributed by atoms with van der Waals surface area (Å²) in [5, 5.41) is 15.7. The first-order valence-electron chi connectivity index (χ1n) is 19.9. The highest BCUT2D eigenvalue weighted by atomic mass is 35.5. The molecular formula is C46H50ClN5O4. The second-order valence-electron chi connectivity index (χ2n) is 14.3. The first-order chi connectivity index (χ1) is 27.3. The molecular weight excluding hydrogens is 722 g/mol. The molecule has 10 heteroatoms. The van der Waals surface area contributed by atoms with Gasteiger partial charge in [-0.25, -0.2) is 0 Å². The smallest absolute Gasteiger partial charge is 0.374 e. The number of hydrogen-bond acceptors (Lipinski definition) is 7. The predicted molar refractivity (Wildman–Crippen MR) is 223 cm³/mol. The standard InChI is InChI=1S/C46H50ClN5O4/c1-4-32(29-45-50(6-3)39-16-10-11-17-42(39)56-45)28-44-49(5-2)38-21-18-34(33-14-8-7-9-15-33)31-41(38)52(44)26-13-12-25-48-43(53)24-27-51-37-23-20-36(47)30-35(37)19-22-40(51)46(54)55/h7-11,14-18,20-21,23,28-31,40H,4-6,12-13,19,22,24-27H2,1-3H3,(H-,48,53,54,55). The van der Waals surface area contributed by atoms with Crippen LogP contribution >= 0.6 is 11.6 Å². The van der Waals surface area contributed by atoms with Crippen molar-refractivity contribution < 1.29 is 23.7 Å². The third-order valence-electron chi connectivity index (χ3n) is 10.9. The van der Waals surface area contributed by atoms with Gasteiger partial charge in [-0.1, -0.05) is 67.1 Å². The SMILES string of the molecule is CCC(=C\c1oc2ccccc2[n+]1CC)/C=C1\N(CC)c2ccc(-c3ccccc3)cc2N1CCCCNC(=O)CCN1c2ccc(Cl)cc2CCC1C(=O)[O-]. The molecule has 0 fully saturated rings. The minimum Gasteiger partial charge on any atom is -0.548 e. The lowest BCUT2D eigenvalue weighted by Gasteiger charge is -2.39. The van der Waals surface area contributed by atoms with Crippen molar-refractivity contribution in [3.63, 3.8) is 0 Å². The van der Waals surface area contributed by atoms with E-state index in [4.69, 9.17) is 16.0 Å². The van der Waals surface area contributed by atoms with Crippen LogP contribution in [0.3, 0.4) is 0 Å². The normalized spacial score (nSPS) is 16.1. The molecule has 0 spiro atoms. The lowest BCUT2D eigenvalue weighted by Crippen LogP contribution is -2.51. The van der Waals surface area contributed by atoms with E-state index in [-0.39, 0.29) is 18.9 Å². The highest BCUT2D eigenvalue weighted by Gasteiger charge is 2.31. The second kappa shape index (κ2) is 17.5. The molecule has 0 radical (unpaired) electrons. The summed E-state index contributed by atoms with van der Waals surface area (Å²) < 4.78 is 8.57. The topological polar surface area (TPSA) is 96.0 Å². The molecule has 1 unspecified atom stereocenters. The van der Waals surface area contributed by atoms with Gasteiger partial charge in [0.15, 0.2) is 0 Å². The molecule has 0 aliphatic carbocycles. The Hall–Kier alpha value is -5.54. The molecule has 3 heterocycles. The number of hydrogen-bond donors (Lipinski definition) is 1. The molecule has 0 saturated carbocycles. The van der Waals surface area contributed by atoms with Gasteiger partial charge in [-0.2, -0.15) is 4.57 Å². The first kappa shape index (κ1) is 38.7. The first-order valence-corrected chi connectivity index (χ1v) is 20.3. The number of nitrogens with zero attached hydrogens (tertiary/aromatic N) is 4. The Morgan fingerprint density at radius 1 is 0.893 bits per heavy atom. The number of benzene rings is 4. The number of anilines is 3. The van der Waals surface area contributed by atoms with Crippen molar-refractivity contribution in [2.45, 2.75) is 71.9 Å². The van der Waals surface area contributed by atoms with Crippen LogP contribution < -0.4 is 29.7 Å². The number of carboxylic acids is 1. The van der Waals surface area contributed by atoms with E-state index in [1.54, 1.807) is 11.0 Å². The zero-order valence-corrected chi connectivity index (χ0v) is 33.2. The number of fused-ring (bicyclic) bond motifs is 3. The Balaban J connectivity index is 1.07. The maximum absolute atomic E-state index is 13.1. The molecule has 4 aromatic carbocycles. The summed E-state index contributed by atoms with van der Waals surface area (Å²) in [5.41, 5.74) is 9.58. The molecule has 1 N–H and O–H groups in total. The Kier molecular flexibility index (Phi) is 12.1. The van der Waals surface area contributed by atoms with Crippen molar-refractivity contribution in [3.05, 3.63) is 125 Å². The van der Waals surface area contributed by atoms with Gasteiger partial charge in [-0.05, 0) is 111 Å². The second-order valence-corrected chi connectivity index (χ2v) is 14.8. The summed E-state index contributed by atoms with van der Waals surface area (Å²) >= 11 is 6.21. The number of carbonyl (C=O) groups excluding carboxylic acids is 2. The minimum atomic E-state index is -1.12. The van der Waals surface area contributed by atoms with E-state index in [2.05, 4.69) is 101 Å². The number of carbonyl (C=O) groups is 2. The maximum atomic E-state index is 13.1. The van der Waals surface area contributed by atoms with Gasteiger partial charge >= 0.3 is 5.89 Å². The number of aryl methyl sites for hydroxylation is 2. The number of para-hydroxylation sites is 2. The number of nitrogens with one attached hydrogen (secondary N) is 1. The van der Waals surface area contributed by atoms with Gasteiger partial charge in [0.05, 0.1) is 29.5 Å². The van der Waals surface area contributed by atoms with Gasteiger partial charge < -0.3 is 34.3 Å². The van der Waals surface area contributed by atoms with Gasteiger partial charge in [0.1, 0.15) is 12.4 Å². The summed E-state index contributed by atoms with van der Waals surface area (Å²) in [6.07, 6.45) is 8.14. The lowest BCUT2D eigenvalue weighted by atomic mass is 9.95. The van der Waals surface area contributed by atoms with Crippen molar-refractivity contribution in [1.82, 2.24) is 5.32 Å². The summed E-state index contributed by atoms with van der Waals surface area (Å²) in [7, 11) is 0. The van der Waals surface area contributed by atoms with E-state index in [9.17, 15) is 14.7 Å². The summed E-state index contributed by atoms with van der Waals surface area (Å²) in [5.74, 6) is 0.724. The molecule has 0 saturated heterocycles. The van der Waals surface area contributed by atoms with Crippen LogP contribution in [-0.2, 0) is 22.6 Å². The Bertz CT molecular complexity index is 2260. The number of oxazole rings is 1. The van der Waals surface area contributed by atoms with Crippen molar-refractivity contribution in [3.8, 4) is 11.1 Å². The van der Waals surface area contributed by atoms with Crippen LogP contribution in [0.2, 0.25) is 5.02 Å². The average Bonchev–Trinajstić information content (AvgIpc) is 3.72. The summed E-state index contributed by atoms with van der Waals surface area (Å²) in [4.78, 5) is 31.6. The van der Waals surface area contributed by atoms with Crippen LogP contribution in [0.1, 0.15) is 64.3 Å². The van der Waals surface area contributed by atoms with Crippen molar-refractivity contribution in [2.75, 3.05) is 40.9 Å². The Morgan fingerprint density at radius 3 is 2.45 bits per heavy atom. The molecule has 5 aromatic rings. The predicted octanol–water partition coefficient (Wildman–Crippen LogP) is 7.90. The summed E-state index contributed by atoms with van der Waals surface area (Å²) in [6, 6.07) is 30.1. The number of aromatic nitrogens is 1. The Labute approximate surface area is 334 Å². The molecule has 1 aromatic heterocycles. The number of allylic oxidation sites excluding steroid dienone is 2. The van der Waals surface area contributed by atoms with E-state index in [1.807, 2.05) is 36.4 Å². The number of rotatable bonds is 15. The fourth-order valence-corrected chi connectivity index (χ4v) is 8.25. The summed E-state index contributed by atoms with van der Waals surface area (Å²) in [6.45, 7) is 9.69. The number of amides is 1. The van der Waals surface area contributed by atoms with E-state index in [0.29, 0.717) is 24.4 Å². The number of aliphatic carboxylic acids is 1. The molecule has 7 rings (SSSR count). The van der Waals surface area contributed by atoms with E-state index < -0.39 is 12.0 Å². The van der Waals surface area contributed by atoms with Crippen molar-refractivity contribution in [2.24, 2.45) is 0 Å². The minimum absolute atomic E-state index is 0.104. The fraction of sp³-hybridized carbons (Fsp3) is 0.326. The molecule has 1 atom stereocenters. The zero-order valence-electron chi connectivity index (χ0n) is 32.5. The van der Waals surface area contributed by atoms with E-state index in [0.717, 1.165) is 89.8 Å². The highest BCUT2D eigenvalue weighted by Crippen LogP contribution is 2.44. The third kappa shape index (κ3) is 8.19. The average molecular weight is 772 g/mol. The van der Waals surface area contributed by atoms with Crippen LogP contribution in [0.15, 0.2) is 113 Å². The molecule has 1 amide bonds. The Morgan fingerprint density at radius 2 is 1.68 bits per heavy atom. The van der Waals surface area contributed by atoms with E-state index in [1.165, 1.54) is 11.3 Å². The number of carboxylic acid groups (broad SMARTS) is 1. The van der Waals surface area contributed by atoms with Crippen molar-refractivity contribution in [1.29, 1.82) is 0 Å². The van der Waals surface area contributed by atoms with Crippen LogP contribution in [0.4, 0.5) is 17.1 Å². The van der Waals surface area contributed by atoms with Gasteiger partial charge in [0.25, 0.3) is 5.52 Å².